The Balaban J connectivity index is 2.06. The van der Waals surface area contributed by atoms with E-state index in [0.717, 1.165) is 0 Å². The first-order valence-corrected chi connectivity index (χ1v) is 8.41. The molecule has 0 unspecified atom stereocenters. The summed E-state index contributed by atoms with van der Waals surface area (Å²) in [6, 6.07) is 13.4. The molecule has 29 heavy (non-hydrogen) atoms. The smallest absolute Gasteiger partial charge is 0.269 e. The van der Waals surface area contributed by atoms with Gasteiger partial charge in [-0.05, 0) is 30.3 Å². The van der Waals surface area contributed by atoms with Gasteiger partial charge in [0.2, 0.25) is 0 Å². The van der Waals surface area contributed by atoms with Crippen LogP contribution < -0.4 is 5.73 Å². The Bertz CT molecular complexity index is 1170. The maximum atomic E-state index is 10.8. The number of rotatable bonds is 6. The fourth-order valence-corrected chi connectivity index (χ4v) is 2.82. The molecule has 0 amide bonds. The Morgan fingerprint density at radius 1 is 1.31 bits per heavy atom. The van der Waals surface area contributed by atoms with Crippen LogP contribution in [0.2, 0.25) is 0 Å². The van der Waals surface area contributed by atoms with Crippen molar-refractivity contribution in [2.24, 2.45) is 0 Å². The average Bonchev–Trinajstić information content (AvgIpc) is 3.31. The first-order chi connectivity index (χ1) is 14.0. The minimum absolute atomic E-state index is 0.0285. The van der Waals surface area contributed by atoms with E-state index < -0.39 is 4.92 Å². The molecule has 0 spiro atoms. The third kappa shape index (κ3) is 3.69. The summed E-state index contributed by atoms with van der Waals surface area (Å²) in [6.45, 7) is -0.122. The summed E-state index contributed by atoms with van der Waals surface area (Å²) in [5.74, 6) is 0.0726. The molecule has 0 bridgehead atoms. The fourth-order valence-electron chi connectivity index (χ4n) is 2.82. The van der Waals surface area contributed by atoms with Crippen molar-refractivity contribution in [1.29, 1.82) is 10.5 Å². The number of aliphatic hydroxyl groups is 1. The van der Waals surface area contributed by atoms with Gasteiger partial charge in [-0.1, -0.05) is 0 Å². The highest BCUT2D eigenvalue weighted by atomic mass is 16.6. The Labute approximate surface area is 165 Å². The number of nitro groups is 1. The highest BCUT2D eigenvalue weighted by Gasteiger charge is 2.19. The Kier molecular flexibility index (Phi) is 5.39. The zero-order valence-corrected chi connectivity index (χ0v) is 15.1. The molecule has 2 aromatic heterocycles. The number of anilines is 1. The van der Waals surface area contributed by atoms with Crippen LogP contribution in [0.25, 0.3) is 17.3 Å². The molecule has 3 N–H and O–H groups in total. The van der Waals surface area contributed by atoms with Gasteiger partial charge in [0.25, 0.3) is 5.69 Å². The number of nitrogen functional groups attached to an aromatic ring is 1. The Morgan fingerprint density at radius 2 is 2.03 bits per heavy atom. The number of allylic oxidation sites excluding steroid dienone is 1. The van der Waals surface area contributed by atoms with E-state index in [0.29, 0.717) is 11.4 Å². The van der Waals surface area contributed by atoms with Gasteiger partial charge in [-0.2, -0.15) is 15.6 Å². The van der Waals surface area contributed by atoms with Crippen molar-refractivity contribution in [1.82, 2.24) is 14.3 Å². The lowest BCUT2D eigenvalue weighted by Gasteiger charge is -2.06. The Morgan fingerprint density at radius 3 is 2.62 bits per heavy atom. The maximum absolute atomic E-state index is 10.8. The lowest BCUT2D eigenvalue weighted by Crippen LogP contribution is -2.07. The molecule has 2 heterocycles. The van der Waals surface area contributed by atoms with E-state index in [1.807, 2.05) is 12.1 Å². The van der Waals surface area contributed by atoms with E-state index in [9.17, 15) is 20.6 Å². The van der Waals surface area contributed by atoms with Crippen LogP contribution >= 0.6 is 0 Å². The van der Waals surface area contributed by atoms with Crippen LogP contribution in [0.1, 0.15) is 17.0 Å². The number of aliphatic hydroxyl groups excluding tert-OH is 1. The minimum Gasteiger partial charge on any atom is -0.394 e. The molecule has 3 aromatic rings. The lowest BCUT2D eigenvalue weighted by molar-refractivity contribution is -0.384. The molecule has 0 saturated carbocycles. The predicted molar refractivity (Wildman–Crippen MR) is 104 cm³/mol. The highest BCUT2D eigenvalue weighted by molar-refractivity contribution is 5.91. The second-order valence-corrected chi connectivity index (χ2v) is 5.91. The number of nitro benzene ring substituents is 1. The van der Waals surface area contributed by atoms with Gasteiger partial charge in [0.1, 0.15) is 29.2 Å². The summed E-state index contributed by atoms with van der Waals surface area (Å²) in [5, 5.41) is 43.2. The number of aromatic nitrogens is 3. The maximum Gasteiger partial charge on any atom is 0.269 e. The van der Waals surface area contributed by atoms with E-state index in [-0.39, 0.29) is 41.5 Å². The van der Waals surface area contributed by atoms with Crippen molar-refractivity contribution in [3.63, 3.8) is 0 Å². The number of nitriles is 2. The topological polar surface area (TPSA) is 160 Å². The van der Waals surface area contributed by atoms with E-state index in [1.54, 1.807) is 41.1 Å². The first kappa shape index (κ1) is 19.4. The van der Waals surface area contributed by atoms with Gasteiger partial charge in [0.05, 0.1) is 23.6 Å². The molecule has 0 aliphatic carbocycles. The number of hydrogen-bond acceptors (Lipinski definition) is 7. The summed E-state index contributed by atoms with van der Waals surface area (Å²) >= 11 is 0. The summed E-state index contributed by atoms with van der Waals surface area (Å²) in [6.07, 6.45) is 3.29. The molecule has 0 atom stereocenters. The van der Waals surface area contributed by atoms with Crippen LogP contribution in [0, 0.1) is 32.8 Å². The SMILES string of the molecule is N#CC(=Cc1cccn1-c1ccc([N+](=O)[O-])cc1)c1nn(CCO)c(N)c1C#N. The molecular weight excluding hydrogens is 374 g/mol. The quantitative estimate of drug-likeness (QED) is 0.371. The van der Waals surface area contributed by atoms with Crippen LogP contribution in [0.4, 0.5) is 11.5 Å². The molecule has 0 radical (unpaired) electrons. The molecule has 0 aliphatic heterocycles. The second kappa shape index (κ2) is 8.08. The van der Waals surface area contributed by atoms with Crippen LogP contribution in [-0.2, 0) is 6.54 Å². The molecular formula is C19H15N7O3. The second-order valence-electron chi connectivity index (χ2n) is 5.91. The first-order valence-electron chi connectivity index (χ1n) is 8.41. The van der Waals surface area contributed by atoms with Gasteiger partial charge in [-0.15, -0.1) is 0 Å². The van der Waals surface area contributed by atoms with Crippen molar-refractivity contribution in [2.45, 2.75) is 6.54 Å². The van der Waals surface area contributed by atoms with Gasteiger partial charge in [0, 0.05) is 29.7 Å². The standard InChI is InChI=1S/C19H15N7O3/c20-11-13(18-17(12-21)19(22)25(23-18)8-9-27)10-16-2-1-7-24(16)14-3-5-15(6-4-14)26(28)29/h1-7,10,27H,8-9,22H2. The summed E-state index contributed by atoms with van der Waals surface area (Å²) < 4.78 is 3.01. The zero-order valence-electron chi connectivity index (χ0n) is 15.1. The van der Waals surface area contributed by atoms with Gasteiger partial charge >= 0.3 is 0 Å². The van der Waals surface area contributed by atoms with Gasteiger partial charge < -0.3 is 15.4 Å². The van der Waals surface area contributed by atoms with Crippen LogP contribution in [-0.4, -0.2) is 31.0 Å². The normalized spacial score (nSPS) is 11.1. The number of hydrogen-bond donors (Lipinski definition) is 2. The molecule has 10 heteroatoms. The van der Waals surface area contributed by atoms with Crippen molar-refractivity contribution in [3.8, 4) is 17.8 Å². The average molecular weight is 389 g/mol. The van der Waals surface area contributed by atoms with E-state index in [2.05, 4.69) is 5.10 Å². The zero-order chi connectivity index (χ0) is 21.0. The predicted octanol–water partition coefficient (Wildman–Crippen LogP) is 2.09. The summed E-state index contributed by atoms with van der Waals surface area (Å²) in [5.41, 5.74) is 7.43. The minimum atomic E-state index is -0.482. The number of nitrogens with two attached hydrogens (primary N) is 1. The van der Waals surface area contributed by atoms with Crippen molar-refractivity contribution in [2.75, 3.05) is 12.3 Å². The molecule has 10 nitrogen and oxygen atoms in total. The number of nitrogens with zero attached hydrogens (tertiary/aromatic N) is 6. The third-order valence-corrected chi connectivity index (χ3v) is 4.20. The molecule has 0 aliphatic rings. The summed E-state index contributed by atoms with van der Waals surface area (Å²) in [4.78, 5) is 10.4. The van der Waals surface area contributed by atoms with E-state index in [4.69, 9.17) is 10.8 Å². The summed E-state index contributed by atoms with van der Waals surface area (Å²) in [7, 11) is 0. The molecule has 1 aromatic carbocycles. The van der Waals surface area contributed by atoms with Gasteiger partial charge in [-0.3, -0.25) is 10.1 Å². The largest absolute Gasteiger partial charge is 0.394 e. The molecule has 0 saturated heterocycles. The van der Waals surface area contributed by atoms with E-state index >= 15 is 0 Å². The van der Waals surface area contributed by atoms with Gasteiger partial charge in [0.15, 0.2) is 0 Å². The van der Waals surface area contributed by atoms with Crippen LogP contribution in [0.3, 0.4) is 0 Å². The third-order valence-electron chi connectivity index (χ3n) is 4.20. The van der Waals surface area contributed by atoms with Crippen LogP contribution in [0.5, 0.6) is 0 Å². The molecule has 0 fully saturated rings. The van der Waals surface area contributed by atoms with Crippen molar-refractivity contribution < 1.29 is 10.0 Å². The van der Waals surface area contributed by atoms with Crippen molar-refractivity contribution in [3.05, 3.63) is 69.7 Å². The van der Waals surface area contributed by atoms with Crippen LogP contribution in [0.15, 0.2) is 42.6 Å². The molecule has 144 valence electrons. The number of non-ortho nitro benzene ring substituents is 1. The lowest BCUT2D eigenvalue weighted by atomic mass is 10.1. The monoisotopic (exact) mass is 389 g/mol. The Hall–Kier alpha value is -4.41. The van der Waals surface area contributed by atoms with E-state index in [1.165, 1.54) is 16.8 Å². The fraction of sp³-hybridized carbons (Fsp3) is 0.105. The van der Waals surface area contributed by atoms with Gasteiger partial charge in [-0.25, -0.2) is 4.68 Å². The van der Waals surface area contributed by atoms with Crippen molar-refractivity contribution >= 4 is 23.2 Å². The molecule has 3 rings (SSSR count). The highest BCUT2D eigenvalue weighted by Crippen LogP contribution is 2.26. The number of benzene rings is 1.